The molecular weight excluding hydrogens is 246 g/mol. The Hall–Kier alpha value is -1.85. The molecule has 0 fully saturated rings. The Balaban J connectivity index is 2.63. The second-order valence-corrected chi connectivity index (χ2v) is 4.36. The van der Waals surface area contributed by atoms with Crippen LogP contribution in [0.1, 0.15) is 32.4 Å². The zero-order chi connectivity index (χ0) is 14.3. The molecule has 19 heavy (non-hydrogen) atoms. The number of aryl methyl sites for hydroxylation is 1. The van der Waals surface area contributed by atoms with Crippen LogP contribution in [0.3, 0.4) is 0 Å². The molecule has 0 aliphatic heterocycles. The minimum atomic E-state index is -0.784. The lowest BCUT2D eigenvalue weighted by Crippen LogP contribution is -2.18. The Morgan fingerprint density at radius 1 is 1.47 bits per heavy atom. The highest BCUT2D eigenvalue weighted by Crippen LogP contribution is 2.14. The minimum Gasteiger partial charge on any atom is -0.481 e. The van der Waals surface area contributed by atoms with Crippen LogP contribution in [0.25, 0.3) is 0 Å². The molecule has 2 N–H and O–H groups in total. The van der Waals surface area contributed by atoms with Gasteiger partial charge in [-0.1, -0.05) is 13.3 Å². The summed E-state index contributed by atoms with van der Waals surface area (Å²) >= 11 is 0. The van der Waals surface area contributed by atoms with Gasteiger partial charge in [-0.15, -0.1) is 0 Å². The van der Waals surface area contributed by atoms with E-state index in [9.17, 15) is 4.79 Å². The van der Waals surface area contributed by atoms with E-state index in [1.807, 2.05) is 20.8 Å². The first kappa shape index (κ1) is 15.2. The molecule has 0 spiro atoms. The van der Waals surface area contributed by atoms with Crippen LogP contribution >= 0.6 is 0 Å². The first-order valence-electron chi connectivity index (χ1n) is 6.49. The highest BCUT2D eigenvalue weighted by Gasteiger charge is 2.12. The molecule has 6 heteroatoms. The Kier molecular flexibility index (Phi) is 6.05. The van der Waals surface area contributed by atoms with Crippen LogP contribution < -0.4 is 10.1 Å². The number of nitrogens with zero attached hydrogens (tertiary/aromatic N) is 2. The topological polar surface area (TPSA) is 84.3 Å². The molecular formula is C13H21N3O3. The van der Waals surface area contributed by atoms with Crippen molar-refractivity contribution in [3.05, 3.63) is 11.8 Å². The van der Waals surface area contributed by atoms with Crippen LogP contribution in [0.5, 0.6) is 5.88 Å². The van der Waals surface area contributed by atoms with Crippen LogP contribution in [0.15, 0.2) is 6.07 Å². The molecule has 0 amide bonds. The van der Waals surface area contributed by atoms with Gasteiger partial charge >= 0.3 is 5.97 Å². The average molecular weight is 267 g/mol. The molecule has 0 saturated heterocycles. The van der Waals surface area contributed by atoms with Gasteiger partial charge < -0.3 is 15.2 Å². The molecule has 1 atom stereocenters. The fourth-order valence-electron chi connectivity index (χ4n) is 1.68. The fraction of sp³-hybridized carbons (Fsp3) is 0.615. The van der Waals surface area contributed by atoms with E-state index in [1.165, 1.54) is 0 Å². The van der Waals surface area contributed by atoms with Gasteiger partial charge in [0.15, 0.2) is 0 Å². The largest absolute Gasteiger partial charge is 0.481 e. The van der Waals surface area contributed by atoms with Crippen LogP contribution in [0.2, 0.25) is 0 Å². The van der Waals surface area contributed by atoms with Crippen LogP contribution in [0, 0.1) is 12.8 Å². The average Bonchev–Trinajstić information content (AvgIpc) is 2.33. The number of carboxylic acid groups (broad SMARTS) is 1. The third kappa shape index (κ3) is 5.54. The number of aromatic nitrogens is 2. The molecule has 0 bridgehead atoms. The zero-order valence-electron chi connectivity index (χ0n) is 11.6. The number of nitrogens with one attached hydrogen (secondary N) is 1. The molecule has 0 aliphatic rings. The molecule has 6 nitrogen and oxygen atoms in total. The molecule has 0 saturated carbocycles. The fourth-order valence-corrected chi connectivity index (χ4v) is 1.68. The van der Waals surface area contributed by atoms with Crippen LogP contribution in [0.4, 0.5) is 5.95 Å². The lowest BCUT2D eigenvalue weighted by molar-refractivity contribution is -0.138. The van der Waals surface area contributed by atoms with Crippen molar-refractivity contribution >= 4 is 11.9 Å². The van der Waals surface area contributed by atoms with Gasteiger partial charge in [0, 0.05) is 24.7 Å². The van der Waals surface area contributed by atoms with Crippen molar-refractivity contribution in [2.24, 2.45) is 5.92 Å². The first-order valence-corrected chi connectivity index (χ1v) is 6.49. The van der Waals surface area contributed by atoms with E-state index >= 15 is 0 Å². The van der Waals surface area contributed by atoms with E-state index in [-0.39, 0.29) is 12.3 Å². The highest BCUT2D eigenvalue weighted by atomic mass is 16.5. The van der Waals surface area contributed by atoms with E-state index in [2.05, 4.69) is 15.3 Å². The molecule has 1 aromatic heterocycles. The summed E-state index contributed by atoms with van der Waals surface area (Å²) in [7, 11) is 0. The maximum absolute atomic E-state index is 10.7. The molecule has 1 unspecified atom stereocenters. The SMILES string of the molecule is CCOc1cc(C)nc(NCC(CC)CC(=O)O)n1. The molecule has 1 rings (SSSR count). The zero-order valence-corrected chi connectivity index (χ0v) is 11.6. The number of aliphatic carboxylic acids is 1. The summed E-state index contributed by atoms with van der Waals surface area (Å²) < 4.78 is 5.34. The number of rotatable bonds is 8. The molecule has 106 valence electrons. The minimum absolute atomic E-state index is 0.0668. The summed E-state index contributed by atoms with van der Waals surface area (Å²) in [5, 5.41) is 11.9. The number of carboxylic acids is 1. The number of ether oxygens (including phenoxy) is 1. The van der Waals surface area contributed by atoms with Crippen LogP contribution in [-0.2, 0) is 4.79 Å². The van der Waals surface area contributed by atoms with E-state index in [4.69, 9.17) is 9.84 Å². The van der Waals surface area contributed by atoms with Gasteiger partial charge in [-0.05, 0) is 19.8 Å². The number of hydrogen-bond donors (Lipinski definition) is 2. The lowest BCUT2D eigenvalue weighted by Gasteiger charge is -2.14. The van der Waals surface area contributed by atoms with Gasteiger partial charge in [-0.25, -0.2) is 4.98 Å². The number of anilines is 1. The summed E-state index contributed by atoms with van der Waals surface area (Å²) in [4.78, 5) is 19.2. The summed E-state index contributed by atoms with van der Waals surface area (Å²) in [6.45, 7) is 6.82. The summed E-state index contributed by atoms with van der Waals surface area (Å²) in [6, 6.07) is 1.77. The van der Waals surface area contributed by atoms with Crippen molar-refractivity contribution in [3.8, 4) is 5.88 Å². The third-order valence-corrected chi connectivity index (χ3v) is 2.71. The predicted molar refractivity (Wildman–Crippen MR) is 72.5 cm³/mol. The molecule has 0 radical (unpaired) electrons. The van der Waals surface area contributed by atoms with Crippen molar-refractivity contribution in [2.45, 2.75) is 33.6 Å². The van der Waals surface area contributed by atoms with Crippen molar-refractivity contribution < 1.29 is 14.6 Å². The number of hydrogen-bond acceptors (Lipinski definition) is 5. The van der Waals surface area contributed by atoms with Crippen molar-refractivity contribution in [2.75, 3.05) is 18.5 Å². The smallest absolute Gasteiger partial charge is 0.303 e. The molecule has 1 aromatic rings. The van der Waals surface area contributed by atoms with Crippen LogP contribution in [-0.4, -0.2) is 34.2 Å². The molecule has 0 aliphatic carbocycles. The lowest BCUT2D eigenvalue weighted by atomic mass is 10.0. The van der Waals surface area contributed by atoms with Gasteiger partial charge in [0.25, 0.3) is 0 Å². The maximum Gasteiger partial charge on any atom is 0.303 e. The predicted octanol–water partition coefficient (Wildman–Crippen LogP) is 2.10. The first-order chi connectivity index (χ1) is 9.05. The maximum atomic E-state index is 10.7. The monoisotopic (exact) mass is 267 g/mol. The van der Waals surface area contributed by atoms with E-state index in [0.29, 0.717) is 25.0 Å². The van der Waals surface area contributed by atoms with Gasteiger partial charge in [-0.2, -0.15) is 4.98 Å². The Morgan fingerprint density at radius 2 is 2.21 bits per heavy atom. The Bertz CT molecular complexity index is 424. The van der Waals surface area contributed by atoms with E-state index < -0.39 is 5.97 Å². The molecule has 0 aromatic carbocycles. The summed E-state index contributed by atoms with van der Waals surface area (Å²) in [5.41, 5.74) is 0.812. The summed E-state index contributed by atoms with van der Waals surface area (Å²) in [5.74, 6) is 0.294. The number of carbonyl (C=O) groups is 1. The van der Waals surface area contributed by atoms with Gasteiger partial charge in [0.2, 0.25) is 11.8 Å². The Morgan fingerprint density at radius 3 is 2.79 bits per heavy atom. The van der Waals surface area contributed by atoms with Crippen molar-refractivity contribution in [3.63, 3.8) is 0 Å². The van der Waals surface area contributed by atoms with Gasteiger partial charge in [-0.3, -0.25) is 4.79 Å². The second-order valence-electron chi connectivity index (χ2n) is 4.36. The van der Waals surface area contributed by atoms with Crippen molar-refractivity contribution in [1.29, 1.82) is 0 Å². The highest BCUT2D eigenvalue weighted by molar-refractivity contribution is 5.67. The standard InChI is InChI=1S/C13H21N3O3/c1-4-10(7-12(17)18)8-14-13-15-9(3)6-11(16-13)19-5-2/h6,10H,4-5,7-8H2,1-3H3,(H,17,18)(H,14,15,16). The van der Waals surface area contributed by atoms with Gasteiger partial charge in [0.1, 0.15) is 0 Å². The molecule has 1 heterocycles. The van der Waals surface area contributed by atoms with Gasteiger partial charge in [0.05, 0.1) is 6.61 Å². The summed E-state index contributed by atoms with van der Waals surface area (Å²) in [6.07, 6.45) is 0.942. The van der Waals surface area contributed by atoms with Crippen molar-refractivity contribution in [1.82, 2.24) is 9.97 Å². The Labute approximate surface area is 113 Å². The van der Waals surface area contributed by atoms with E-state index in [0.717, 1.165) is 12.1 Å². The third-order valence-electron chi connectivity index (χ3n) is 2.71. The quantitative estimate of drug-likeness (QED) is 0.750. The van der Waals surface area contributed by atoms with E-state index in [1.54, 1.807) is 6.07 Å². The normalized spacial score (nSPS) is 11.9. The second kappa shape index (κ2) is 7.56.